The van der Waals surface area contributed by atoms with Crippen molar-refractivity contribution in [3.05, 3.63) is 89.5 Å². The van der Waals surface area contributed by atoms with Crippen molar-refractivity contribution in [3.8, 4) is 17.2 Å². The van der Waals surface area contributed by atoms with Crippen molar-refractivity contribution in [2.24, 2.45) is 0 Å². The highest BCUT2D eigenvalue weighted by atomic mass is 35.5. The fourth-order valence-corrected chi connectivity index (χ4v) is 3.15. The number of nitrogens with one attached hydrogen (secondary N) is 1. The van der Waals surface area contributed by atoms with Crippen molar-refractivity contribution in [2.75, 3.05) is 20.3 Å². The maximum absolute atomic E-state index is 5.98. The van der Waals surface area contributed by atoms with Gasteiger partial charge in [-0.2, -0.15) is 0 Å². The molecule has 3 aromatic rings. The Morgan fingerprint density at radius 3 is 2.30 bits per heavy atom. The molecule has 0 aliphatic carbocycles. The molecule has 0 aromatic heterocycles. The van der Waals surface area contributed by atoms with Gasteiger partial charge in [-0.15, -0.1) is 12.4 Å². The van der Waals surface area contributed by atoms with Gasteiger partial charge in [0.1, 0.15) is 12.4 Å². The van der Waals surface area contributed by atoms with Crippen molar-refractivity contribution in [1.29, 1.82) is 0 Å². The molecule has 0 saturated carbocycles. The van der Waals surface area contributed by atoms with E-state index in [1.54, 1.807) is 7.11 Å². The number of para-hydroxylation sites is 1. The number of benzene rings is 3. The Morgan fingerprint density at radius 1 is 0.767 bits per heavy atom. The minimum Gasteiger partial charge on any atom is -0.496 e. The van der Waals surface area contributed by atoms with E-state index >= 15 is 0 Å². The van der Waals surface area contributed by atoms with Gasteiger partial charge in [-0.3, -0.25) is 0 Å². The SMILES string of the molecule is CCOc1cc(CNCCc2ccccc2OC)ccc1OCc1ccccc1.Cl. The minimum atomic E-state index is 0. The van der Waals surface area contributed by atoms with Gasteiger partial charge in [-0.05, 0) is 54.8 Å². The molecule has 0 heterocycles. The molecule has 0 saturated heterocycles. The number of hydrogen-bond donors (Lipinski definition) is 1. The second-order valence-electron chi connectivity index (χ2n) is 6.73. The minimum absolute atomic E-state index is 0. The van der Waals surface area contributed by atoms with Crippen LogP contribution in [-0.4, -0.2) is 20.3 Å². The van der Waals surface area contributed by atoms with E-state index in [1.807, 2.05) is 49.4 Å². The number of halogens is 1. The molecule has 0 bridgehead atoms. The summed E-state index contributed by atoms with van der Waals surface area (Å²) in [5, 5.41) is 3.50. The Kier molecular flexibility index (Phi) is 10.1. The Bertz CT molecular complexity index is 887. The lowest BCUT2D eigenvalue weighted by Crippen LogP contribution is -2.17. The highest BCUT2D eigenvalue weighted by Crippen LogP contribution is 2.29. The molecule has 1 N–H and O–H groups in total. The third-order valence-corrected chi connectivity index (χ3v) is 4.64. The summed E-state index contributed by atoms with van der Waals surface area (Å²) in [5.74, 6) is 2.49. The molecule has 0 radical (unpaired) electrons. The van der Waals surface area contributed by atoms with Gasteiger partial charge in [0, 0.05) is 6.54 Å². The normalized spacial score (nSPS) is 10.2. The smallest absolute Gasteiger partial charge is 0.161 e. The van der Waals surface area contributed by atoms with E-state index in [1.165, 1.54) is 11.1 Å². The molecule has 160 valence electrons. The zero-order valence-corrected chi connectivity index (χ0v) is 18.4. The van der Waals surface area contributed by atoms with Gasteiger partial charge in [0.05, 0.1) is 13.7 Å². The fraction of sp³-hybridized carbons (Fsp3) is 0.280. The Hall–Kier alpha value is -2.69. The van der Waals surface area contributed by atoms with Crippen LogP contribution in [0.2, 0.25) is 0 Å². The van der Waals surface area contributed by atoms with E-state index in [2.05, 4.69) is 35.6 Å². The number of ether oxygens (including phenoxy) is 3. The first-order valence-electron chi connectivity index (χ1n) is 10.0. The standard InChI is InChI=1S/C25H29NO3.ClH/c1-3-28-25-17-21(13-14-24(25)29-19-20-9-5-4-6-10-20)18-26-16-15-22-11-7-8-12-23(22)27-2;/h4-14,17,26H,3,15-16,18-19H2,1-2H3;1H. The average Bonchev–Trinajstić information content (AvgIpc) is 2.77. The lowest BCUT2D eigenvalue weighted by molar-refractivity contribution is 0.269. The Labute approximate surface area is 185 Å². The van der Waals surface area contributed by atoms with E-state index in [0.29, 0.717) is 13.2 Å². The highest BCUT2D eigenvalue weighted by molar-refractivity contribution is 5.85. The second kappa shape index (κ2) is 12.8. The summed E-state index contributed by atoms with van der Waals surface area (Å²) in [6.45, 7) is 4.76. The van der Waals surface area contributed by atoms with E-state index in [0.717, 1.165) is 42.3 Å². The van der Waals surface area contributed by atoms with Crippen LogP contribution in [0.5, 0.6) is 17.2 Å². The van der Waals surface area contributed by atoms with Crippen LogP contribution in [0.15, 0.2) is 72.8 Å². The molecule has 0 unspecified atom stereocenters. The van der Waals surface area contributed by atoms with Crippen LogP contribution in [0.4, 0.5) is 0 Å². The summed E-state index contributed by atoms with van der Waals surface area (Å²) in [4.78, 5) is 0. The van der Waals surface area contributed by atoms with Gasteiger partial charge in [0.25, 0.3) is 0 Å². The summed E-state index contributed by atoms with van der Waals surface area (Å²) in [6, 6.07) is 24.4. The third-order valence-electron chi connectivity index (χ3n) is 4.64. The molecule has 30 heavy (non-hydrogen) atoms. The maximum Gasteiger partial charge on any atom is 0.161 e. The average molecular weight is 428 g/mol. The van der Waals surface area contributed by atoms with Gasteiger partial charge in [-0.1, -0.05) is 54.6 Å². The molecule has 4 nitrogen and oxygen atoms in total. The number of hydrogen-bond acceptors (Lipinski definition) is 4. The quantitative estimate of drug-likeness (QED) is 0.414. The first-order valence-corrected chi connectivity index (χ1v) is 10.0. The summed E-state index contributed by atoms with van der Waals surface area (Å²) < 4.78 is 17.2. The molecule has 0 spiro atoms. The van der Waals surface area contributed by atoms with E-state index in [-0.39, 0.29) is 12.4 Å². The van der Waals surface area contributed by atoms with Crippen molar-refractivity contribution in [2.45, 2.75) is 26.5 Å². The lowest BCUT2D eigenvalue weighted by Gasteiger charge is -2.14. The zero-order valence-electron chi connectivity index (χ0n) is 17.6. The van der Waals surface area contributed by atoms with Crippen molar-refractivity contribution >= 4 is 12.4 Å². The predicted molar refractivity (Wildman–Crippen MR) is 124 cm³/mol. The fourth-order valence-electron chi connectivity index (χ4n) is 3.15. The molecule has 0 atom stereocenters. The lowest BCUT2D eigenvalue weighted by atomic mass is 10.1. The van der Waals surface area contributed by atoms with Crippen LogP contribution in [0.3, 0.4) is 0 Å². The highest BCUT2D eigenvalue weighted by Gasteiger charge is 2.08. The van der Waals surface area contributed by atoms with Crippen LogP contribution in [0, 0.1) is 0 Å². The molecular formula is C25H30ClNO3. The van der Waals surface area contributed by atoms with Crippen LogP contribution < -0.4 is 19.5 Å². The maximum atomic E-state index is 5.98. The first-order chi connectivity index (χ1) is 14.3. The summed E-state index contributed by atoms with van der Waals surface area (Å²) in [7, 11) is 1.71. The topological polar surface area (TPSA) is 39.7 Å². The molecule has 0 amide bonds. The number of methoxy groups -OCH3 is 1. The molecule has 0 aliphatic rings. The molecule has 3 rings (SSSR count). The van der Waals surface area contributed by atoms with Gasteiger partial charge < -0.3 is 19.5 Å². The van der Waals surface area contributed by atoms with Gasteiger partial charge in [0.15, 0.2) is 11.5 Å². The zero-order chi connectivity index (χ0) is 20.3. The van der Waals surface area contributed by atoms with E-state index < -0.39 is 0 Å². The van der Waals surface area contributed by atoms with Crippen molar-refractivity contribution in [3.63, 3.8) is 0 Å². The third kappa shape index (κ3) is 6.97. The number of rotatable bonds is 11. The van der Waals surface area contributed by atoms with Crippen LogP contribution in [-0.2, 0) is 19.6 Å². The van der Waals surface area contributed by atoms with Crippen LogP contribution >= 0.6 is 12.4 Å². The molecule has 5 heteroatoms. The van der Waals surface area contributed by atoms with Crippen molar-refractivity contribution < 1.29 is 14.2 Å². The van der Waals surface area contributed by atoms with E-state index in [9.17, 15) is 0 Å². The molecule has 3 aromatic carbocycles. The second-order valence-corrected chi connectivity index (χ2v) is 6.73. The Balaban J connectivity index is 0.00000320. The van der Waals surface area contributed by atoms with Crippen LogP contribution in [0.25, 0.3) is 0 Å². The Morgan fingerprint density at radius 2 is 1.53 bits per heavy atom. The summed E-state index contributed by atoms with van der Waals surface area (Å²) >= 11 is 0. The summed E-state index contributed by atoms with van der Waals surface area (Å²) in [6.07, 6.45) is 0.917. The monoisotopic (exact) mass is 427 g/mol. The van der Waals surface area contributed by atoms with Gasteiger partial charge in [-0.25, -0.2) is 0 Å². The van der Waals surface area contributed by atoms with E-state index in [4.69, 9.17) is 14.2 Å². The first kappa shape index (κ1) is 23.6. The molecule has 0 aliphatic heterocycles. The summed E-state index contributed by atoms with van der Waals surface area (Å²) in [5.41, 5.74) is 3.51. The van der Waals surface area contributed by atoms with Gasteiger partial charge >= 0.3 is 0 Å². The predicted octanol–water partition coefficient (Wildman–Crippen LogP) is 5.43. The molecule has 0 fully saturated rings. The molecular weight excluding hydrogens is 398 g/mol. The van der Waals surface area contributed by atoms with Gasteiger partial charge in [0.2, 0.25) is 0 Å². The van der Waals surface area contributed by atoms with Crippen molar-refractivity contribution in [1.82, 2.24) is 5.32 Å². The van der Waals surface area contributed by atoms with Crippen LogP contribution in [0.1, 0.15) is 23.6 Å². The largest absolute Gasteiger partial charge is 0.496 e.